The summed E-state index contributed by atoms with van der Waals surface area (Å²) in [4.78, 5) is 57.2. The van der Waals surface area contributed by atoms with Crippen LogP contribution >= 0.6 is 23.2 Å². The molecule has 4 amide bonds. The summed E-state index contributed by atoms with van der Waals surface area (Å²) in [6.45, 7) is 0.332. The second kappa shape index (κ2) is 13.4. The lowest BCUT2D eigenvalue weighted by atomic mass is 9.74. The first-order chi connectivity index (χ1) is 20.7. The smallest absolute Gasteiger partial charge is 0.326 e. The number of urea groups is 1. The van der Waals surface area contributed by atoms with E-state index in [0.717, 1.165) is 31.2 Å². The molecule has 1 aromatic heterocycles. The van der Waals surface area contributed by atoms with Gasteiger partial charge in [-0.3, -0.25) is 14.6 Å². The fourth-order valence-corrected chi connectivity index (χ4v) is 6.42. The molecule has 3 fully saturated rings. The Morgan fingerprint density at radius 3 is 2.19 bits per heavy atom. The Morgan fingerprint density at radius 1 is 0.907 bits per heavy atom. The number of anilines is 1. The number of benzene rings is 2. The van der Waals surface area contributed by atoms with Gasteiger partial charge in [-0.15, -0.1) is 0 Å². The summed E-state index contributed by atoms with van der Waals surface area (Å²) in [5.41, 5.74) is 2.12. The minimum absolute atomic E-state index is 0.0122. The van der Waals surface area contributed by atoms with E-state index in [-0.39, 0.29) is 40.0 Å². The highest BCUT2D eigenvalue weighted by Crippen LogP contribution is 2.40. The summed E-state index contributed by atoms with van der Waals surface area (Å²) >= 11 is 12.1. The van der Waals surface area contributed by atoms with Crippen molar-refractivity contribution in [3.05, 3.63) is 93.7 Å². The molecular formula is C31H31Cl2N5O5. The number of halogens is 2. The fraction of sp³-hybridized carbons (Fsp3) is 0.323. The van der Waals surface area contributed by atoms with E-state index in [2.05, 4.69) is 20.9 Å². The van der Waals surface area contributed by atoms with Gasteiger partial charge in [-0.2, -0.15) is 0 Å². The topological polar surface area (TPSA) is 141 Å². The van der Waals surface area contributed by atoms with Crippen molar-refractivity contribution in [1.29, 1.82) is 0 Å². The molecule has 3 heterocycles. The molecule has 3 aromatic rings. The molecule has 10 nitrogen and oxygen atoms in total. The second-order valence-corrected chi connectivity index (χ2v) is 11.6. The largest absolute Gasteiger partial charge is 0.480 e. The highest BCUT2D eigenvalue weighted by atomic mass is 35.5. The van der Waals surface area contributed by atoms with Gasteiger partial charge in [0.15, 0.2) is 0 Å². The number of carboxylic acids is 1. The van der Waals surface area contributed by atoms with Crippen LogP contribution in [0.5, 0.6) is 0 Å². The first-order valence-electron chi connectivity index (χ1n) is 14.0. The lowest BCUT2D eigenvalue weighted by Gasteiger charge is -2.50. The van der Waals surface area contributed by atoms with Gasteiger partial charge < -0.3 is 26.0 Å². The van der Waals surface area contributed by atoms with Gasteiger partial charge >= 0.3 is 12.0 Å². The molecular weight excluding hydrogens is 593 g/mol. The van der Waals surface area contributed by atoms with Crippen molar-refractivity contribution in [3.63, 3.8) is 0 Å². The predicted molar refractivity (Wildman–Crippen MR) is 162 cm³/mol. The monoisotopic (exact) mass is 623 g/mol. The zero-order valence-corrected chi connectivity index (χ0v) is 24.6. The molecule has 2 aromatic carbocycles. The van der Waals surface area contributed by atoms with Gasteiger partial charge in [0.1, 0.15) is 12.1 Å². The molecule has 0 radical (unpaired) electrons. The molecule has 0 unspecified atom stereocenters. The van der Waals surface area contributed by atoms with Crippen LogP contribution in [0.15, 0.2) is 67.0 Å². The average Bonchev–Trinajstić information content (AvgIpc) is 3.01. The number of fused-ring (bicyclic) bond motifs is 3. The quantitative estimate of drug-likeness (QED) is 0.267. The van der Waals surface area contributed by atoms with Crippen molar-refractivity contribution < 1.29 is 24.3 Å². The van der Waals surface area contributed by atoms with E-state index in [1.165, 1.54) is 12.4 Å². The Kier molecular flexibility index (Phi) is 9.47. The van der Waals surface area contributed by atoms with Crippen LogP contribution < -0.4 is 16.0 Å². The number of aromatic nitrogens is 1. The summed E-state index contributed by atoms with van der Waals surface area (Å²) in [6.07, 6.45) is 5.91. The number of piperidine rings is 2. The van der Waals surface area contributed by atoms with E-state index in [1.54, 1.807) is 29.2 Å². The van der Waals surface area contributed by atoms with Crippen LogP contribution in [0.1, 0.15) is 47.2 Å². The zero-order chi connectivity index (χ0) is 30.5. The van der Waals surface area contributed by atoms with E-state index in [1.807, 2.05) is 30.3 Å². The molecule has 1 aliphatic carbocycles. The molecule has 0 spiro atoms. The standard InChI is InChI=1S/C31H31Cl2N5O5/c32-23-16-34-17-24(33)26(23)28(39)36-21-10-6-18(7-11-21)14-25(30(41)42)37-29(40)27-20-8-12-22(13-9-20)38(27)31(43)35-15-19-4-2-1-3-5-19/h1-7,10-11,16-17,20,22,25,27H,8-9,12-15H2,(H,35,43)(H,36,39)(H,37,40)(H,41,42)/t20?,22?,25-,27-/m0/s1. The van der Waals surface area contributed by atoms with Crippen molar-refractivity contribution in [2.75, 3.05) is 5.32 Å². The second-order valence-electron chi connectivity index (χ2n) is 10.8. The minimum Gasteiger partial charge on any atom is -0.480 e. The molecule has 12 heteroatoms. The van der Waals surface area contributed by atoms with Crippen molar-refractivity contribution >= 4 is 52.7 Å². The fourth-order valence-electron chi connectivity index (χ4n) is 5.89. The first kappa shape index (κ1) is 30.3. The van der Waals surface area contributed by atoms with Gasteiger partial charge in [0, 0.05) is 37.1 Å². The number of aliphatic carboxylic acids is 1. The van der Waals surface area contributed by atoms with E-state index >= 15 is 0 Å². The average molecular weight is 625 g/mol. The molecule has 2 bridgehead atoms. The summed E-state index contributed by atoms with van der Waals surface area (Å²) in [5.74, 6) is -2.20. The molecule has 2 saturated heterocycles. The molecule has 43 heavy (non-hydrogen) atoms. The van der Waals surface area contributed by atoms with Crippen molar-refractivity contribution in [2.24, 2.45) is 5.92 Å². The molecule has 2 atom stereocenters. The maximum Gasteiger partial charge on any atom is 0.326 e. The number of nitrogens with zero attached hydrogens (tertiary/aromatic N) is 2. The van der Waals surface area contributed by atoms with Crippen molar-refractivity contribution in [3.8, 4) is 0 Å². The molecule has 6 rings (SSSR count). The van der Waals surface area contributed by atoms with Gasteiger partial charge in [-0.05, 0) is 54.9 Å². The van der Waals surface area contributed by atoms with Crippen LogP contribution in [0.3, 0.4) is 0 Å². The van der Waals surface area contributed by atoms with Crippen molar-refractivity contribution in [2.45, 2.75) is 56.8 Å². The van der Waals surface area contributed by atoms with Gasteiger partial charge in [0.25, 0.3) is 5.91 Å². The lowest BCUT2D eigenvalue weighted by Crippen LogP contribution is -2.65. The zero-order valence-electron chi connectivity index (χ0n) is 23.1. The van der Waals surface area contributed by atoms with E-state index < -0.39 is 29.9 Å². The van der Waals surface area contributed by atoms with Gasteiger partial charge in [0.2, 0.25) is 5.91 Å². The van der Waals surface area contributed by atoms with E-state index in [9.17, 15) is 24.3 Å². The third kappa shape index (κ3) is 7.09. The van der Waals surface area contributed by atoms with Crippen LogP contribution in [-0.4, -0.2) is 56.9 Å². The van der Waals surface area contributed by atoms with Crippen molar-refractivity contribution in [1.82, 2.24) is 20.5 Å². The molecule has 2 aliphatic heterocycles. The third-order valence-electron chi connectivity index (χ3n) is 8.02. The third-order valence-corrected chi connectivity index (χ3v) is 8.59. The number of nitrogens with one attached hydrogen (secondary N) is 3. The Bertz CT molecular complexity index is 1480. The highest BCUT2D eigenvalue weighted by Gasteiger charge is 2.48. The Balaban J connectivity index is 1.23. The molecule has 224 valence electrons. The molecule has 4 N–H and O–H groups in total. The summed E-state index contributed by atoms with van der Waals surface area (Å²) < 4.78 is 0. The Morgan fingerprint density at radius 2 is 1.56 bits per heavy atom. The first-order valence-corrected chi connectivity index (χ1v) is 14.8. The highest BCUT2D eigenvalue weighted by molar-refractivity contribution is 6.40. The maximum absolute atomic E-state index is 13.6. The number of carbonyl (C=O) groups excluding carboxylic acids is 3. The van der Waals surface area contributed by atoms with Crippen LogP contribution in [0, 0.1) is 5.92 Å². The maximum atomic E-state index is 13.6. The van der Waals surface area contributed by atoms with Crippen LogP contribution in [0.25, 0.3) is 0 Å². The Hall–Kier alpha value is -4.15. The van der Waals surface area contributed by atoms with Gasteiger partial charge in [0.05, 0.1) is 15.6 Å². The summed E-state index contributed by atoms with van der Waals surface area (Å²) in [5, 5.41) is 18.5. The van der Waals surface area contributed by atoms with Crippen LogP contribution in [0.2, 0.25) is 10.0 Å². The molecule has 1 saturated carbocycles. The van der Waals surface area contributed by atoms with E-state index in [0.29, 0.717) is 17.8 Å². The Labute approximate surface area is 258 Å². The normalized spacial score (nSPS) is 19.8. The van der Waals surface area contributed by atoms with Gasteiger partial charge in [-0.1, -0.05) is 65.7 Å². The number of pyridine rings is 1. The number of amides is 4. The lowest BCUT2D eigenvalue weighted by molar-refractivity contribution is -0.144. The van der Waals surface area contributed by atoms with Gasteiger partial charge in [-0.25, -0.2) is 9.59 Å². The van der Waals surface area contributed by atoms with E-state index in [4.69, 9.17) is 23.2 Å². The summed E-state index contributed by atoms with van der Waals surface area (Å²) in [6, 6.07) is 13.7. The number of carboxylic acid groups (broad SMARTS) is 1. The SMILES string of the molecule is O=C(Nc1ccc(C[C@H](NC(=O)[C@@H]2C3CCC(CC3)N2C(=O)NCc2ccccc2)C(=O)O)cc1)c1c(Cl)cncc1Cl. The number of rotatable bonds is 9. The number of hydrogen-bond acceptors (Lipinski definition) is 5. The van der Waals surface area contributed by atoms with Crippen LogP contribution in [-0.2, 0) is 22.6 Å². The minimum atomic E-state index is -1.21. The number of carbonyl (C=O) groups is 4. The number of hydrogen-bond donors (Lipinski definition) is 4. The molecule has 3 aliphatic rings. The predicted octanol–water partition coefficient (Wildman–Crippen LogP) is 4.91. The summed E-state index contributed by atoms with van der Waals surface area (Å²) in [7, 11) is 0. The van der Waals surface area contributed by atoms with Crippen LogP contribution in [0.4, 0.5) is 10.5 Å².